The average Bonchev–Trinajstić information content (AvgIpc) is 3.76. The molecule has 65 heavy (non-hydrogen) atoms. The van der Waals surface area contributed by atoms with Crippen molar-refractivity contribution in [2.75, 3.05) is 33.5 Å². The van der Waals surface area contributed by atoms with Gasteiger partial charge in [-0.1, -0.05) is 39.3 Å². The monoisotopic (exact) mass is 932 g/mol. The largest absolute Gasteiger partial charge is 0.394 e. The summed E-state index contributed by atoms with van der Waals surface area (Å²) in [5.74, 6) is 1.16. The topological polar surface area (TPSA) is 296 Å². The molecular weight excluding hydrogens is 856 g/mol. The second-order valence-corrected chi connectivity index (χ2v) is 21.2. The molecule has 3 saturated carbocycles. The lowest BCUT2D eigenvalue weighted by atomic mass is 9.47. The van der Waals surface area contributed by atoms with Crippen LogP contribution in [-0.2, 0) is 37.9 Å². The van der Waals surface area contributed by atoms with Gasteiger partial charge in [-0.05, 0) is 91.8 Å². The number of fused-ring (bicyclic) bond motifs is 7. The molecule has 7 fully saturated rings. The Morgan fingerprint density at radius 2 is 1.32 bits per heavy atom. The zero-order valence-corrected chi connectivity index (χ0v) is 38.2. The molecule has 0 aromatic heterocycles. The van der Waals surface area contributed by atoms with Gasteiger partial charge in [0.1, 0.15) is 73.2 Å². The minimum atomic E-state index is -1.75. The van der Waals surface area contributed by atoms with Crippen LogP contribution in [0.15, 0.2) is 11.6 Å². The van der Waals surface area contributed by atoms with Crippen LogP contribution in [0.1, 0.15) is 85.5 Å². The Hall–Kier alpha value is -1.02. The van der Waals surface area contributed by atoms with Crippen LogP contribution in [-0.4, -0.2) is 200 Å². The molecule has 0 spiro atoms. The van der Waals surface area contributed by atoms with Crippen LogP contribution >= 0.6 is 0 Å². The van der Waals surface area contributed by atoms with Crippen molar-refractivity contribution in [3.8, 4) is 0 Å². The Balaban J connectivity index is 0.863. The van der Waals surface area contributed by atoms with Crippen LogP contribution in [0.2, 0.25) is 0 Å². The second-order valence-electron chi connectivity index (χ2n) is 21.2. The Labute approximate surface area is 380 Å². The van der Waals surface area contributed by atoms with Gasteiger partial charge < -0.3 is 94.1 Å². The van der Waals surface area contributed by atoms with Crippen molar-refractivity contribution in [2.24, 2.45) is 46.3 Å². The van der Waals surface area contributed by atoms with E-state index in [1.807, 2.05) is 6.92 Å². The zero-order valence-electron chi connectivity index (χ0n) is 38.2. The van der Waals surface area contributed by atoms with Crippen molar-refractivity contribution >= 4 is 0 Å². The van der Waals surface area contributed by atoms with Crippen LogP contribution in [0.4, 0.5) is 0 Å². The molecule has 4 saturated heterocycles. The summed E-state index contributed by atoms with van der Waals surface area (Å²) in [6.07, 6.45) is -11.9. The first-order valence-electron chi connectivity index (χ1n) is 23.9. The molecule has 11 N–H and O–H groups in total. The van der Waals surface area contributed by atoms with E-state index < -0.39 is 118 Å². The fourth-order valence-electron chi connectivity index (χ4n) is 13.9. The highest BCUT2D eigenvalue weighted by Crippen LogP contribution is 2.70. The number of rotatable bonds is 14. The molecule has 26 unspecified atom stereocenters. The maximum Gasteiger partial charge on any atom is 0.187 e. The predicted octanol–water partition coefficient (Wildman–Crippen LogP) is -1.20. The number of aliphatic hydroxyl groups excluding tert-OH is 11. The van der Waals surface area contributed by atoms with Gasteiger partial charge in [0.2, 0.25) is 0 Å². The minimum Gasteiger partial charge on any atom is -0.394 e. The first-order chi connectivity index (χ1) is 30.9. The fourth-order valence-corrected chi connectivity index (χ4v) is 13.9. The predicted molar refractivity (Wildman–Crippen MR) is 224 cm³/mol. The molecule has 8 rings (SSSR count). The summed E-state index contributed by atoms with van der Waals surface area (Å²) in [4.78, 5) is 0. The molecule has 0 aromatic carbocycles. The van der Waals surface area contributed by atoms with Crippen LogP contribution in [0, 0.1) is 46.3 Å². The van der Waals surface area contributed by atoms with Gasteiger partial charge in [0.15, 0.2) is 24.7 Å². The molecular formula is C46H76O19. The summed E-state index contributed by atoms with van der Waals surface area (Å²) in [6.45, 7) is 7.56. The van der Waals surface area contributed by atoms with Crippen LogP contribution in [0.25, 0.3) is 0 Å². The van der Waals surface area contributed by atoms with E-state index in [2.05, 4.69) is 26.8 Å². The van der Waals surface area contributed by atoms with Gasteiger partial charge in [0.25, 0.3) is 0 Å². The van der Waals surface area contributed by atoms with E-state index in [1.165, 1.54) is 5.57 Å². The van der Waals surface area contributed by atoms with E-state index in [9.17, 15) is 56.2 Å². The maximum atomic E-state index is 11.2. The standard InChI is InChI=1S/C46H76O19/c1-20(19-59-41-37(55)34(52)32(50)28(16-47)61-41)8-13-46(58-5)21(2)31-27(65-46)15-26-24-7-6-22-14-23(9-11-44(22,3)25(24)10-12-45(26,31)4)60-42-39(57)36(54)40(30(18-49)63-42)64-43-38(56)35(53)33(51)29(17-48)62-43/h6,20-21,23-43,47-57H,7-19H2,1-5H3. The van der Waals surface area contributed by atoms with Gasteiger partial charge in [0, 0.05) is 19.4 Å². The Morgan fingerprint density at radius 1 is 0.723 bits per heavy atom. The van der Waals surface area contributed by atoms with Crippen molar-refractivity contribution in [3.05, 3.63) is 11.6 Å². The molecule has 4 aliphatic heterocycles. The molecule has 0 aromatic rings. The molecule has 19 heteroatoms. The quantitative estimate of drug-likeness (QED) is 0.0912. The van der Waals surface area contributed by atoms with Crippen molar-refractivity contribution in [1.29, 1.82) is 0 Å². The fraction of sp³-hybridized carbons (Fsp3) is 0.957. The van der Waals surface area contributed by atoms with Crippen LogP contribution in [0.3, 0.4) is 0 Å². The number of aliphatic hydroxyl groups is 11. The summed E-state index contributed by atoms with van der Waals surface area (Å²) in [7, 11) is 1.73. The SMILES string of the molecule is COC1(CCC(C)COC2OC(CO)C(O)C(O)C2O)OC2CC3C4CC=C5CC(OC6OC(CO)C(OC7OC(CO)C(O)C(O)C7O)C(O)C6O)CCC5(C)C4CCC3(C)C2C1C. The summed E-state index contributed by atoms with van der Waals surface area (Å²) >= 11 is 0. The molecule has 8 aliphatic rings. The first kappa shape index (κ1) is 50.4. The summed E-state index contributed by atoms with van der Waals surface area (Å²) in [5.41, 5.74) is 1.36. The summed E-state index contributed by atoms with van der Waals surface area (Å²) < 4.78 is 48.2. The molecule has 4 heterocycles. The number of ether oxygens (including phenoxy) is 8. The third-order valence-electron chi connectivity index (χ3n) is 17.7. The van der Waals surface area contributed by atoms with Crippen LogP contribution in [0.5, 0.6) is 0 Å². The molecule has 374 valence electrons. The third kappa shape index (κ3) is 8.82. The zero-order chi connectivity index (χ0) is 46.9. The maximum absolute atomic E-state index is 11.2. The van der Waals surface area contributed by atoms with Crippen LogP contribution < -0.4 is 0 Å². The molecule has 26 atom stereocenters. The van der Waals surface area contributed by atoms with Gasteiger partial charge in [-0.25, -0.2) is 0 Å². The van der Waals surface area contributed by atoms with Crippen molar-refractivity contribution in [1.82, 2.24) is 0 Å². The highest BCUT2D eigenvalue weighted by molar-refractivity contribution is 5.26. The Bertz CT molecular complexity index is 1640. The van der Waals surface area contributed by atoms with Crippen molar-refractivity contribution in [3.63, 3.8) is 0 Å². The number of methoxy groups -OCH3 is 1. The van der Waals surface area contributed by atoms with E-state index in [-0.39, 0.29) is 41.5 Å². The lowest BCUT2D eigenvalue weighted by Gasteiger charge is -2.58. The van der Waals surface area contributed by atoms with Crippen molar-refractivity contribution in [2.45, 2.75) is 196 Å². The Kier molecular flexibility index (Phi) is 15.2. The number of hydrogen-bond donors (Lipinski definition) is 11. The summed E-state index contributed by atoms with van der Waals surface area (Å²) in [6, 6.07) is 0. The number of hydrogen-bond acceptors (Lipinski definition) is 19. The molecule has 19 nitrogen and oxygen atoms in total. The first-order valence-corrected chi connectivity index (χ1v) is 23.9. The smallest absolute Gasteiger partial charge is 0.187 e. The van der Waals surface area contributed by atoms with Gasteiger partial charge in [-0.2, -0.15) is 0 Å². The highest BCUT2D eigenvalue weighted by atomic mass is 16.7. The number of allylic oxidation sites excluding steroid dienone is 1. The van der Waals surface area contributed by atoms with Gasteiger partial charge in [-0.15, -0.1) is 0 Å². The summed E-state index contributed by atoms with van der Waals surface area (Å²) in [5, 5.41) is 113. The third-order valence-corrected chi connectivity index (χ3v) is 17.7. The lowest BCUT2D eigenvalue weighted by molar-refractivity contribution is -0.363. The molecule has 4 aliphatic carbocycles. The normalized spacial score (nSPS) is 53.7. The van der Waals surface area contributed by atoms with Gasteiger partial charge >= 0.3 is 0 Å². The van der Waals surface area contributed by atoms with Crippen molar-refractivity contribution < 1.29 is 94.1 Å². The van der Waals surface area contributed by atoms with Gasteiger partial charge in [0.05, 0.1) is 38.6 Å². The second kappa shape index (κ2) is 19.6. The lowest BCUT2D eigenvalue weighted by Crippen LogP contribution is -2.65. The average molecular weight is 933 g/mol. The van der Waals surface area contributed by atoms with E-state index in [0.717, 1.165) is 32.1 Å². The van der Waals surface area contributed by atoms with E-state index in [0.29, 0.717) is 49.4 Å². The van der Waals surface area contributed by atoms with E-state index >= 15 is 0 Å². The molecule has 0 bridgehead atoms. The van der Waals surface area contributed by atoms with Gasteiger partial charge in [-0.3, -0.25) is 0 Å². The van der Waals surface area contributed by atoms with E-state index in [1.54, 1.807) is 7.11 Å². The minimum absolute atomic E-state index is 0.0262. The molecule has 0 radical (unpaired) electrons. The van der Waals surface area contributed by atoms with E-state index in [4.69, 9.17) is 37.9 Å². The Morgan fingerprint density at radius 3 is 1.97 bits per heavy atom. The highest BCUT2D eigenvalue weighted by Gasteiger charge is 2.68. The molecule has 0 amide bonds.